The Morgan fingerprint density at radius 3 is 0.698 bits per heavy atom. The van der Waals surface area contributed by atoms with Crippen LogP contribution in [-0.4, -0.2) is 407 Å². The SMILES string of the molecule is CN1CC1.CN1CCC1.CN1CCCC1.CN1CCCCC1.CN1CCCCCC1.CN1CCCCCCC1.CN1CCN(C)CC1.CN1CCNC1.CN1CCNCC1.CN1CCOC1.CN1CCOCC1.CN1CCSC1.CN1CCSCC1. The Hall–Kier alpha value is -0.0200. The van der Waals surface area contributed by atoms with Gasteiger partial charge in [0.15, 0.2) is 0 Å². The van der Waals surface area contributed by atoms with E-state index < -0.39 is 0 Å². The molecule has 13 rings (SSSR count). The van der Waals surface area contributed by atoms with E-state index in [1.165, 1.54) is 263 Å². The second-order valence-corrected chi connectivity index (χ2v) is 28.9. The predicted molar refractivity (Wildman–Crippen MR) is 382 cm³/mol. The van der Waals surface area contributed by atoms with Crippen LogP contribution in [0.5, 0.6) is 0 Å². The number of hydrogen-bond donors (Lipinski definition) is 2. The Morgan fingerprint density at radius 2 is 0.500 bits per heavy atom. The molecule has 0 spiro atoms. The Bertz CT molecular complexity index is 1200. The predicted octanol–water partition coefficient (Wildman–Crippen LogP) is 5.45. The molecular formula is C66H148N16O2S2. The van der Waals surface area contributed by atoms with Crippen LogP contribution in [0.3, 0.4) is 0 Å². The van der Waals surface area contributed by atoms with Crippen molar-refractivity contribution in [2.24, 2.45) is 0 Å². The Labute approximate surface area is 544 Å². The summed E-state index contributed by atoms with van der Waals surface area (Å²) in [7, 11) is 30.2. The van der Waals surface area contributed by atoms with Gasteiger partial charge in [-0.1, -0.05) is 38.5 Å². The molecule has 0 saturated carbocycles. The second kappa shape index (κ2) is 60.0. The number of likely N-dealkylation sites (tertiary alicyclic amines) is 5. The van der Waals surface area contributed by atoms with E-state index in [2.05, 4.69) is 183 Å². The first-order chi connectivity index (χ1) is 41.5. The molecule has 516 valence electrons. The lowest BCUT2D eigenvalue weighted by Gasteiger charge is -2.28. The van der Waals surface area contributed by atoms with Crippen LogP contribution < -0.4 is 10.6 Å². The molecule has 0 aliphatic carbocycles. The minimum Gasteiger partial charge on any atom is -0.379 e. The molecule has 0 aromatic rings. The standard InChI is InChI=1S/C8H17N.C7H15N.C6H14N2.C6H13N.C5H12N2.C5H11NO.C5H11NS.C5H11N.C4H10N2.C4H9NO.C4H9NS.C4H9N.C3H7N/c1-9-7-5-3-2-4-6-8-9;1-8-6-4-2-3-5-7-8;1-7-3-5-8(2)6-4-7;1-7-5-3-2-4-6-7;1-7-4-2-6-3-5-7;2*1-6-2-4-7-5-3-6;1-6-4-2-3-5-6;1-6-3-2-5-4-6;2*1-5-2-3-6-4-5;1-5-3-2-4-5;1-4-2-3-4/h2-8H2,1H3;2-7H2,1H3;3-6H2,1-2H3;2-6H2,1H3;6H,2-5H2,1H3;2*2-5H2,1H3;2-5H2,1H3;5H,2-4H2,1H3;2*2-4H2,1H3;2-4H2,1H3;2-3H2,1H3. The van der Waals surface area contributed by atoms with Gasteiger partial charge >= 0.3 is 0 Å². The van der Waals surface area contributed by atoms with Crippen molar-refractivity contribution in [1.29, 1.82) is 0 Å². The number of hydrogen-bond acceptors (Lipinski definition) is 20. The molecule has 86 heavy (non-hydrogen) atoms. The smallest absolute Gasteiger partial charge is 0.0989 e. The van der Waals surface area contributed by atoms with Crippen molar-refractivity contribution in [2.75, 3.05) is 338 Å². The maximum Gasteiger partial charge on any atom is 0.0989 e. The summed E-state index contributed by atoms with van der Waals surface area (Å²) in [6.07, 6.45) is 21.4. The molecule has 0 bridgehead atoms. The molecule has 2 N–H and O–H groups in total. The zero-order chi connectivity index (χ0) is 63.1. The molecule has 0 amide bonds. The number of rotatable bonds is 0. The number of morpholine rings is 1. The fraction of sp³-hybridized carbons (Fsp3) is 1.00. The first-order valence-electron chi connectivity index (χ1n) is 34.8. The van der Waals surface area contributed by atoms with Crippen LogP contribution in [0.2, 0.25) is 0 Å². The molecule has 13 aliphatic rings. The van der Waals surface area contributed by atoms with Crippen molar-refractivity contribution in [2.45, 2.75) is 96.3 Å². The van der Waals surface area contributed by atoms with Crippen LogP contribution in [0.15, 0.2) is 0 Å². The zero-order valence-electron chi connectivity index (χ0n) is 59.7. The number of nitrogens with one attached hydrogen (secondary N) is 2. The average molecular weight is 1260 g/mol. The van der Waals surface area contributed by atoms with Gasteiger partial charge in [-0.05, 0) is 222 Å². The Balaban J connectivity index is 0.000000467. The van der Waals surface area contributed by atoms with Crippen LogP contribution in [-0.2, 0) is 9.47 Å². The van der Waals surface area contributed by atoms with Gasteiger partial charge < -0.3 is 74.0 Å². The lowest BCUT2D eigenvalue weighted by molar-refractivity contribution is 0.0503. The number of piperidine rings is 1. The monoisotopic (exact) mass is 1260 g/mol. The van der Waals surface area contributed by atoms with Gasteiger partial charge in [-0.15, -0.1) is 11.8 Å². The van der Waals surface area contributed by atoms with E-state index in [9.17, 15) is 0 Å². The van der Waals surface area contributed by atoms with Gasteiger partial charge in [0.25, 0.3) is 0 Å². The highest BCUT2D eigenvalue weighted by atomic mass is 32.2. The third-order valence-electron chi connectivity index (χ3n) is 17.0. The van der Waals surface area contributed by atoms with E-state index in [0.717, 1.165) is 72.5 Å². The molecule has 0 radical (unpaired) electrons. The lowest BCUT2D eigenvalue weighted by atomic mass is 10.1. The fourth-order valence-corrected chi connectivity index (χ4v) is 11.9. The van der Waals surface area contributed by atoms with Crippen molar-refractivity contribution in [3.05, 3.63) is 0 Å². The number of ether oxygens (including phenoxy) is 2. The third kappa shape index (κ3) is 60.2. The van der Waals surface area contributed by atoms with E-state index >= 15 is 0 Å². The number of thioether (sulfide) groups is 2. The van der Waals surface area contributed by atoms with Gasteiger partial charge in [0.2, 0.25) is 0 Å². The molecular weight excluding hydrogens is 1110 g/mol. The van der Waals surface area contributed by atoms with Crippen LogP contribution in [0.25, 0.3) is 0 Å². The molecule has 0 aromatic carbocycles. The van der Waals surface area contributed by atoms with E-state index in [1.54, 1.807) is 0 Å². The zero-order valence-corrected chi connectivity index (χ0v) is 61.3. The molecule has 0 unspecified atom stereocenters. The summed E-state index contributed by atoms with van der Waals surface area (Å²) in [4.78, 5) is 32.6. The summed E-state index contributed by atoms with van der Waals surface area (Å²) in [6, 6.07) is 0. The summed E-state index contributed by atoms with van der Waals surface area (Å²) < 4.78 is 10.1. The largest absolute Gasteiger partial charge is 0.379 e. The van der Waals surface area contributed by atoms with Gasteiger partial charge in [0.05, 0.1) is 26.6 Å². The maximum atomic E-state index is 5.10. The highest BCUT2D eigenvalue weighted by molar-refractivity contribution is 7.99. The maximum absolute atomic E-state index is 5.10. The molecule has 20 heteroatoms. The van der Waals surface area contributed by atoms with Crippen molar-refractivity contribution in [3.8, 4) is 0 Å². The van der Waals surface area contributed by atoms with Crippen LogP contribution >= 0.6 is 23.5 Å². The third-order valence-corrected chi connectivity index (χ3v) is 19.1. The number of likely N-dealkylation sites (N-methyl/N-ethyl adjacent to an activating group) is 7. The second-order valence-electron chi connectivity index (χ2n) is 26.6. The van der Waals surface area contributed by atoms with Crippen molar-refractivity contribution in [1.82, 2.24) is 79.2 Å². The minimum absolute atomic E-state index is 0.819. The highest BCUT2D eigenvalue weighted by Crippen LogP contribution is 2.11. The summed E-state index contributed by atoms with van der Waals surface area (Å²) in [5, 5.41) is 6.47. The van der Waals surface area contributed by atoms with Crippen LogP contribution in [0.1, 0.15) is 96.3 Å². The van der Waals surface area contributed by atoms with Gasteiger partial charge in [0.1, 0.15) is 0 Å². The van der Waals surface area contributed by atoms with E-state index in [1.807, 2.05) is 18.8 Å². The van der Waals surface area contributed by atoms with E-state index in [0.29, 0.717) is 0 Å². The summed E-state index contributed by atoms with van der Waals surface area (Å²) in [5.41, 5.74) is 0. The lowest BCUT2D eigenvalue weighted by Crippen LogP contribution is -2.42. The first kappa shape index (κ1) is 84.0. The Morgan fingerprint density at radius 1 is 0.221 bits per heavy atom. The highest BCUT2D eigenvalue weighted by Gasteiger charge is 2.11. The van der Waals surface area contributed by atoms with Gasteiger partial charge in [-0.25, -0.2) is 0 Å². The minimum atomic E-state index is 0.819. The topological polar surface area (TPSA) is 87.7 Å². The molecule has 13 saturated heterocycles. The molecule has 0 atom stereocenters. The van der Waals surface area contributed by atoms with Crippen LogP contribution in [0.4, 0.5) is 0 Å². The van der Waals surface area contributed by atoms with Crippen molar-refractivity contribution >= 4 is 23.5 Å². The van der Waals surface area contributed by atoms with E-state index in [-0.39, 0.29) is 0 Å². The fourth-order valence-electron chi connectivity index (χ4n) is 9.76. The van der Waals surface area contributed by atoms with Crippen LogP contribution in [0, 0.1) is 0 Å². The quantitative estimate of drug-likeness (QED) is 0.302. The van der Waals surface area contributed by atoms with Crippen molar-refractivity contribution in [3.63, 3.8) is 0 Å². The van der Waals surface area contributed by atoms with Gasteiger partial charge in [0, 0.05) is 148 Å². The normalized spacial score (nSPS) is 25.5. The number of nitrogens with zero attached hydrogens (tertiary/aromatic N) is 14. The molecule has 18 nitrogen and oxygen atoms in total. The number of piperazine rings is 2. The summed E-state index contributed by atoms with van der Waals surface area (Å²) in [5.74, 6) is 5.23. The molecule has 0 aromatic heterocycles. The summed E-state index contributed by atoms with van der Waals surface area (Å²) >= 11 is 4.07. The summed E-state index contributed by atoms with van der Waals surface area (Å²) in [6.45, 7) is 39.6. The molecule has 13 fully saturated rings. The van der Waals surface area contributed by atoms with Gasteiger partial charge in [-0.2, -0.15) is 11.8 Å². The average Bonchev–Trinajstić information content (AvgIpc) is 4.01. The van der Waals surface area contributed by atoms with E-state index in [4.69, 9.17) is 9.47 Å². The van der Waals surface area contributed by atoms with Gasteiger partial charge in [-0.3, -0.25) is 14.7 Å². The molecule has 13 heterocycles. The Kier molecular flexibility index (Phi) is 58.6. The first-order valence-corrected chi connectivity index (χ1v) is 37.1. The van der Waals surface area contributed by atoms with Crippen molar-refractivity contribution < 1.29 is 9.47 Å². The molecule has 13 aliphatic heterocycles.